The zero-order chi connectivity index (χ0) is 16.1. The van der Waals surface area contributed by atoms with Crippen LogP contribution in [0.4, 0.5) is 0 Å². The van der Waals surface area contributed by atoms with Gasteiger partial charge >= 0.3 is 7.12 Å². The maximum absolute atomic E-state index is 9.09. The molecule has 0 radical (unpaired) electrons. The van der Waals surface area contributed by atoms with E-state index in [0.29, 0.717) is 6.42 Å². The highest BCUT2D eigenvalue weighted by Crippen LogP contribution is 2.37. The molecule has 0 saturated carbocycles. The van der Waals surface area contributed by atoms with Gasteiger partial charge in [0.25, 0.3) is 0 Å². The average molecular weight is 296 g/mol. The summed E-state index contributed by atoms with van der Waals surface area (Å²) >= 11 is 0. The summed E-state index contributed by atoms with van der Waals surface area (Å²) < 4.78 is 14.4. The summed E-state index contributed by atoms with van der Waals surface area (Å²) in [7, 11) is 1.59. The molecule has 22 heavy (non-hydrogen) atoms. The molecule has 0 aliphatic carbocycles. The number of nitrogens with zero attached hydrogens (tertiary/aromatic N) is 2. The fraction of sp³-hybridized carbons (Fsp3) is 0.471. The zero-order valence-electron chi connectivity index (χ0n) is 13.8. The molecule has 1 aliphatic heterocycles. The van der Waals surface area contributed by atoms with E-state index in [2.05, 4.69) is 16.7 Å². The lowest BCUT2D eigenvalue weighted by molar-refractivity contribution is 0.00578. The molecule has 1 aliphatic rings. The van der Waals surface area contributed by atoms with Crippen LogP contribution in [-0.2, 0) is 22.8 Å². The van der Waals surface area contributed by atoms with Crippen molar-refractivity contribution in [1.82, 2.24) is 4.57 Å². The maximum atomic E-state index is 9.09. The number of nitriles is 1. The second-order valence-electron chi connectivity index (χ2n) is 6.93. The molecule has 2 aromatic rings. The molecule has 0 unspecified atom stereocenters. The summed E-state index contributed by atoms with van der Waals surface area (Å²) in [6.07, 6.45) is 2.40. The molecule has 0 N–H and O–H groups in total. The summed E-state index contributed by atoms with van der Waals surface area (Å²) in [5.74, 6) is 0. The molecule has 0 spiro atoms. The molecule has 0 atom stereocenters. The lowest BCUT2D eigenvalue weighted by Crippen LogP contribution is -2.41. The van der Waals surface area contributed by atoms with Gasteiger partial charge in [0.1, 0.15) is 0 Å². The van der Waals surface area contributed by atoms with E-state index in [1.54, 1.807) is 0 Å². The fourth-order valence-corrected chi connectivity index (χ4v) is 2.95. The van der Waals surface area contributed by atoms with Crippen molar-refractivity contribution < 1.29 is 9.31 Å². The summed E-state index contributed by atoms with van der Waals surface area (Å²) in [5.41, 5.74) is 2.37. The number of aryl methyl sites for hydroxylation is 1. The zero-order valence-corrected chi connectivity index (χ0v) is 13.8. The van der Waals surface area contributed by atoms with Crippen molar-refractivity contribution in [3.63, 3.8) is 0 Å². The third kappa shape index (κ3) is 2.15. The predicted octanol–water partition coefficient (Wildman–Crippen LogP) is 2.54. The van der Waals surface area contributed by atoms with E-state index < -0.39 is 7.12 Å². The molecule has 1 aromatic carbocycles. The lowest BCUT2D eigenvalue weighted by Gasteiger charge is -2.32. The molecular weight excluding hydrogens is 275 g/mol. The van der Waals surface area contributed by atoms with Crippen LogP contribution in [0.1, 0.15) is 33.3 Å². The Bertz CT molecular complexity index is 755. The van der Waals surface area contributed by atoms with Gasteiger partial charge in [-0.25, -0.2) is 0 Å². The van der Waals surface area contributed by atoms with E-state index in [4.69, 9.17) is 14.6 Å². The van der Waals surface area contributed by atoms with E-state index in [1.807, 2.05) is 53.1 Å². The van der Waals surface area contributed by atoms with Crippen LogP contribution in [0.25, 0.3) is 10.9 Å². The molecule has 4 nitrogen and oxygen atoms in total. The fourth-order valence-electron chi connectivity index (χ4n) is 2.95. The number of hydrogen-bond acceptors (Lipinski definition) is 3. The van der Waals surface area contributed by atoms with Crippen LogP contribution in [0.15, 0.2) is 24.4 Å². The minimum Gasteiger partial charge on any atom is -0.399 e. The maximum Gasteiger partial charge on any atom is 0.495 e. The van der Waals surface area contributed by atoms with Crippen molar-refractivity contribution in [1.29, 1.82) is 5.26 Å². The van der Waals surface area contributed by atoms with Crippen LogP contribution in [-0.4, -0.2) is 22.9 Å². The highest BCUT2D eigenvalue weighted by Gasteiger charge is 2.52. The molecule has 1 saturated heterocycles. The molecule has 114 valence electrons. The number of fused-ring (bicyclic) bond motifs is 1. The first-order valence-electron chi connectivity index (χ1n) is 7.56. The Hall–Kier alpha value is -1.77. The number of rotatable bonds is 2. The normalized spacial score (nSPS) is 19.5. The van der Waals surface area contributed by atoms with Crippen molar-refractivity contribution in [3.05, 3.63) is 30.0 Å². The first-order chi connectivity index (χ1) is 10.3. The van der Waals surface area contributed by atoms with Crippen LogP contribution in [0.3, 0.4) is 0 Å². The average Bonchev–Trinajstić information content (AvgIpc) is 2.85. The van der Waals surface area contributed by atoms with Crippen molar-refractivity contribution in [2.75, 3.05) is 0 Å². The Kier molecular flexibility index (Phi) is 3.35. The topological polar surface area (TPSA) is 47.2 Å². The highest BCUT2D eigenvalue weighted by molar-refractivity contribution is 6.65. The lowest BCUT2D eigenvalue weighted by atomic mass is 9.76. The second kappa shape index (κ2) is 4.87. The summed E-state index contributed by atoms with van der Waals surface area (Å²) in [6.45, 7) is 8.20. The summed E-state index contributed by atoms with van der Waals surface area (Å²) in [4.78, 5) is 0. The first-order valence-corrected chi connectivity index (χ1v) is 7.56. The largest absolute Gasteiger partial charge is 0.495 e. The van der Waals surface area contributed by atoms with Gasteiger partial charge < -0.3 is 13.9 Å². The predicted molar refractivity (Wildman–Crippen MR) is 88.0 cm³/mol. The van der Waals surface area contributed by atoms with Gasteiger partial charge in [-0.3, -0.25) is 0 Å². The first kappa shape index (κ1) is 15.1. The molecule has 3 rings (SSSR count). The Morgan fingerprint density at radius 1 is 1.18 bits per heavy atom. The summed E-state index contributed by atoms with van der Waals surface area (Å²) in [5, 5.41) is 10.2. The van der Waals surface area contributed by atoms with Crippen LogP contribution in [0, 0.1) is 11.3 Å². The number of benzene rings is 1. The SMILES string of the molecule is Cn1cc(CC#N)c2c(B3OC(C)(C)C(C)(C)O3)cccc21. The van der Waals surface area contributed by atoms with Gasteiger partial charge in [0, 0.05) is 24.1 Å². The minimum absolute atomic E-state index is 0.371. The van der Waals surface area contributed by atoms with Crippen LogP contribution < -0.4 is 5.46 Å². The molecule has 2 heterocycles. The van der Waals surface area contributed by atoms with Gasteiger partial charge in [-0.2, -0.15) is 5.26 Å². The van der Waals surface area contributed by atoms with Crippen molar-refractivity contribution in [3.8, 4) is 6.07 Å². The van der Waals surface area contributed by atoms with Gasteiger partial charge in [0.05, 0.1) is 23.7 Å². The Morgan fingerprint density at radius 3 is 2.41 bits per heavy atom. The van der Waals surface area contributed by atoms with E-state index >= 15 is 0 Å². The smallest absolute Gasteiger partial charge is 0.399 e. The highest BCUT2D eigenvalue weighted by atomic mass is 16.7. The van der Waals surface area contributed by atoms with Gasteiger partial charge in [-0.05, 0) is 44.8 Å². The standard InChI is InChI=1S/C17H21BN2O2/c1-16(2)17(3,4)22-18(21-16)13-7-6-8-14-15(13)12(9-10-19)11-20(14)5/h6-8,11H,9H2,1-5H3. The summed E-state index contributed by atoms with van der Waals surface area (Å²) in [6, 6.07) is 8.35. The molecular formula is C17H21BN2O2. The van der Waals surface area contributed by atoms with Gasteiger partial charge in [0.15, 0.2) is 0 Å². The van der Waals surface area contributed by atoms with E-state index in [0.717, 1.165) is 21.9 Å². The van der Waals surface area contributed by atoms with Crippen molar-refractivity contribution >= 4 is 23.5 Å². The molecule has 0 bridgehead atoms. The third-order valence-electron chi connectivity index (χ3n) is 4.90. The van der Waals surface area contributed by atoms with Gasteiger partial charge in [0.2, 0.25) is 0 Å². The third-order valence-corrected chi connectivity index (χ3v) is 4.90. The molecule has 1 fully saturated rings. The Balaban J connectivity index is 2.15. The molecule has 5 heteroatoms. The number of aromatic nitrogens is 1. The quantitative estimate of drug-likeness (QED) is 0.800. The van der Waals surface area contributed by atoms with Gasteiger partial charge in [-0.1, -0.05) is 12.1 Å². The van der Waals surface area contributed by atoms with Crippen LogP contribution in [0.5, 0.6) is 0 Å². The molecule has 0 amide bonds. The monoisotopic (exact) mass is 296 g/mol. The van der Waals surface area contributed by atoms with E-state index in [-0.39, 0.29) is 11.2 Å². The number of hydrogen-bond donors (Lipinski definition) is 0. The Labute approximate surface area is 131 Å². The minimum atomic E-state index is -0.409. The van der Waals surface area contributed by atoms with E-state index in [1.165, 1.54) is 0 Å². The van der Waals surface area contributed by atoms with Crippen LogP contribution in [0.2, 0.25) is 0 Å². The van der Waals surface area contributed by atoms with Crippen LogP contribution >= 0.6 is 0 Å². The van der Waals surface area contributed by atoms with Gasteiger partial charge in [-0.15, -0.1) is 0 Å². The Morgan fingerprint density at radius 2 is 1.82 bits per heavy atom. The molecule has 1 aromatic heterocycles. The second-order valence-corrected chi connectivity index (χ2v) is 6.93. The van der Waals surface area contributed by atoms with Crippen molar-refractivity contribution in [2.45, 2.75) is 45.3 Å². The van der Waals surface area contributed by atoms with E-state index in [9.17, 15) is 0 Å². The van der Waals surface area contributed by atoms with Crippen molar-refractivity contribution in [2.24, 2.45) is 7.05 Å².